The Hall–Kier alpha value is -1.15. The van der Waals surface area contributed by atoms with Gasteiger partial charge in [-0.2, -0.15) is 0 Å². The summed E-state index contributed by atoms with van der Waals surface area (Å²) in [6.07, 6.45) is 16.8. The maximum absolute atomic E-state index is 13.1. The molecule has 0 aliphatic rings. The molecule has 224 valence electrons. The van der Waals surface area contributed by atoms with E-state index >= 15 is 0 Å². The molecule has 1 N–H and O–H groups in total. The summed E-state index contributed by atoms with van der Waals surface area (Å²) < 4.78 is 24.5. The van der Waals surface area contributed by atoms with Crippen molar-refractivity contribution >= 4 is 50.6 Å². The van der Waals surface area contributed by atoms with Crippen LogP contribution < -0.4 is 5.32 Å². The first-order chi connectivity index (χ1) is 18.3. The van der Waals surface area contributed by atoms with Gasteiger partial charge in [-0.15, -0.1) is 0 Å². The number of amides is 1. The monoisotopic (exact) mass is 604 g/mol. The van der Waals surface area contributed by atoms with Gasteiger partial charge in [0.1, 0.15) is 0 Å². The second-order valence-electron chi connectivity index (χ2n) is 11.3. The molecule has 0 bridgehead atoms. The van der Waals surface area contributed by atoms with Crippen molar-refractivity contribution in [1.82, 2.24) is 4.31 Å². The quantitative estimate of drug-likeness (QED) is 0.0822. The van der Waals surface area contributed by atoms with Crippen LogP contribution >= 0.6 is 23.2 Å². The third kappa shape index (κ3) is 13.8. The van der Waals surface area contributed by atoms with Gasteiger partial charge in [0.05, 0.1) is 5.75 Å². The van der Waals surface area contributed by atoms with Gasteiger partial charge in [0.2, 0.25) is 10.0 Å². The topological polar surface area (TPSA) is 83.6 Å². The average Bonchev–Trinajstić information content (AvgIpc) is 2.88. The first kappa shape index (κ1) is 35.9. The molecule has 1 aromatic carbocycles. The van der Waals surface area contributed by atoms with Crippen LogP contribution in [0.4, 0.5) is 5.69 Å². The Kier molecular flexibility index (Phi) is 16.8. The van der Waals surface area contributed by atoms with Crippen LogP contribution in [0.1, 0.15) is 111 Å². The highest BCUT2D eigenvalue weighted by Gasteiger charge is 2.49. The Morgan fingerprint density at radius 3 is 1.69 bits per heavy atom. The lowest BCUT2D eigenvalue weighted by Crippen LogP contribution is -2.51. The molecule has 0 atom stereocenters. The van der Waals surface area contributed by atoms with E-state index in [9.17, 15) is 18.0 Å². The Morgan fingerprint density at radius 2 is 1.23 bits per heavy atom. The van der Waals surface area contributed by atoms with Crippen molar-refractivity contribution in [1.29, 1.82) is 0 Å². The number of nitrogens with one attached hydrogen (secondary N) is 1. The largest absolute Gasteiger partial charge is 0.323 e. The first-order valence-corrected chi connectivity index (χ1v) is 16.9. The Bertz CT molecular complexity index is 953. The standard InChI is InChI=1S/C30H50Cl2N2O4S/c1-5-6-7-8-9-10-11-12-13-14-15-16-17-21-24-39(37,38)34(4)25-29(2,3)27(35)30(31,32)28(36)33-26-22-19-18-20-23-26/h18-20,22-23H,5-17,21,24-25H2,1-4H3,(H,33,36). The van der Waals surface area contributed by atoms with Gasteiger partial charge in [-0.25, -0.2) is 12.7 Å². The molecule has 0 aliphatic carbocycles. The number of para-hydroxylation sites is 1. The van der Waals surface area contributed by atoms with E-state index in [0.29, 0.717) is 12.1 Å². The zero-order valence-corrected chi connectivity index (χ0v) is 26.8. The van der Waals surface area contributed by atoms with E-state index in [0.717, 1.165) is 19.3 Å². The van der Waals surface area contributed by atoms with Gasteiger partial charge < -0.3 is 5.32 Å². The molecule has 1 amide bonds. The van der Waals surface area contributed by atoms with Gasteiger partial charge in [-0.1, -0.05) is 146 Å². The van der Waals surface area contributed by atoms with Crippen molar-refractivity contribution in [2.45, 2.75) is 115 Å². The van der Waals surface area contributed by atoms with Gasteiger partial charge in [0.25, 0.3) is 10.2 Å². The smallest absolute Gasteiger partial charge is 0.268 e. The summed E-state index contributed by atoms with van der Waals surface area (Å²) in [5.41, 5.74) is -0.832. The average molecular weight is 606 g/mol. The van der Waals surface area contributed by atoms with Gasteiger partial charge in [-0.05, 0) is 18.6 Å². The maximum Gasteiger partial charge on any atom is 0.268 e. The molecule has 6 nitrogen and oxygen atoms in total. The van der Waals surface area contributed by atoms with Crippen molar-refractivity contribution in [2.24, 2.45) is 5.41 Å². The minimum absolute atomic E-state index is 0.0210. The third-order valence-corrected chi connectivity index (χ3v) is 9.64. The minimum Gasteiger partial charge on any atom is -0.323 e. The van der Waals surface area contributed by atoms with Crippen LogP contribution in [-0.2, 0) is 19.6 Å². The lowest BCUT2D eigenvalue weighted by molar-refractivity contribution is -0.132. The van der Waals surface area contributed by atoms with Crippen molar-refractivity contribution in [3.63, 3.8) is 0 Å². The predicted molar refractivity (Wildman–Crippen MR) is 165 cm³/mol. The number of hydrogen-bond donors (Lipinski definition) is 1. The van der Waals surface area contributed by atoms with Gasteiger partial charge >= 0.3 is 0 Å². The molecule has 0 saturated heterocycles. The Morgan fingerprint density at radius 1 is 0.795 bits per heavy atom. The minimum atomic E-state index is -3.56. The number of alkyl halides is 2. The molecule has 0 saturated carbocycles. The van der Waals surface area contributed by atoms with Crippen LogP contribution in [0, 0.1) is 5.41 Å². The highest BCUT2D eigenvalue weighted by atomic mass is 35.5. The summed E-state index contributed by atoms with van der Waals surface area (Å²) >= 11 is 12.4. The number of carbonyl (C=O) groups is 2. The first-order valence-electron chi connectivity index (χ1n) is 14.6. The van der Waals surface area contributed by atoms with E-state index in [4.69, 9.17) is 23.2 Å². The number of benzene rings is 1. The second-order valence-corrected chi connectivity index (χ2v) is 14.8. The third-order valence-electron chi connectivity index (χ3n) is 7.07. The maximum atomic E-state index is 13.1. The van der Waals surface area contributed by atoms with E-state index in [-0.39, 0.29) is 12.3 Å². The van der Waals surface area contributed by atoms with Crippen LogP contribution in [0.25, 0.3) is 0 Å². The van der Waals surface area contributed by atoms with Crippen molar-refractivity contribution < 1.29 is 18.0 Å². The molecule has 1 aromatic rings. The molecule has 0 aromatic heterocycles. The molecule has 1 rings (SSSR count). The summed E-state index contributed by atoms with van der Waals surface area (Å²) in [6, 6.07) is 8.53. The van der Waals surface area contributed by atoms with Gasteiger partial charge in [-0.3, -0.25) is 9.59 Å². The van der Waals surface area contributed by atoms with Crippen molar-refractivity contribution in [3.05, 3.63) is 30.3 Å². The summed E-state index contributed by atoms with van der Waals surface area (Å²) in [4.78, 5) is 25.8. The van der Waals surface area contributed by atoms with Crippen LogP contribution in [0.5, 0.6) is 0 Å². The Labute approximate surface area is 247 Å². The number of carbonyl (C=O) groups excluding carboxylic acids is 2. The van der Waals surface area contributed by atoms with Crippen LogP contribution in [0.2, 0.25) is 0 Å². The molecule has 0 heterocycles. The van der Waals surface area contributed by atoms with Crippen LogP contribution in [0.15, 0.2) is 30.3 Å². The van der Waals surface area contributed by atoms with Gasteiger partial charge in [0, 0.05) is 24.7 Å². The summed E-state index contributed by atoms with van der Waals surface area (Å²) in [5.74, 6) is -1.61. The normalized spacial score (nSPS) is 12.6. The second kappa shape index (κ2) is 18.3. The number of rotatable bonds is 22. The van der Waals surface area contributed by atoms with Crippen molar-refractivity contribution in [2.75, 3.05) is 24.7 Å². The molecule has 0 unspecified atom stereocenters. The number of hydrogen-bond acceptors (Lipinski definition) is 4. The lowest BCUT2D eigenvalue weighted by Gasteiger charge is -2.32. The summed E-state index contributed by atoms with van der Waals surface area (Å²) in [6.45, 7) is 5.20. The SMILES string of the molecule is CCCCCCCCCCCCCCCCS(=O)(=O)N(C)CC(C)(C)C(=O)C(Cl)(Cl)C(=O)Nc1ccccc1. The molecular formula is C30H50Cl2N2O4S. The highest BCUT2D eigenvalue weighted by molar-refractivity contribution is 7.89. The molecular weight excluding hydrogens is 555 g/mol. The fourth-order valence-corrected chi connectivity index (χ4v) is 6.63. The lowest BCUT2D eigenvalue weighted by atomic mass is 9.85. The summed E-state index contributed by atoms with van der Waals surface area (Å²) in [7, 11) is -2.12. The number of nitrogens with zero attached hydrogens (tertiary/aromatic N) is 1. The number of Topliss-reactive ketones (excluding diaryl/α,β-unsaturated/α-hetero) is 1. The Balaban J connectivity index is 2.35. The van der Waals surface area contributed by atoms with E-state index < -0.39 is 31.5 Å². The number of unbranched alkanes of at least 4 members (excludes halogenated alkanes) is 13. The predicted octanol–water partition coefficient (Wildman–Crippen LogP) is 8.14. The van der Waals surface area contributed by atoms with E-state index in [2.05, 4.69) is 12.2 Å². The van der Waals surface area contributed by atoms with Crippen LogP contribution in [0.3, 0.4) is 0 Å². The zero-order chi connectivity index (χ0) is 29.4. The van der Waals surface area contributed by atoms with Crippen molar-refractivity contribution in [3.8, 4) is 0 Å². The number of sulfonamides is 1. The molecule has 0 fully saturated rings. The zero-order valence-electron chi connectivity index (χ0n) is 24.4. The number of halogens is 2. The van der Waals surface area contributed by atoms with Gasteiger partial charge in [0.15, 0.2) is 5.78 Å². The van der Waals surface area contributed by atoms with E-state index in [1.165, 1.54) is 75.6 Å². The number of anilines is 1. The number of ketones is 1. The van der Waals surface area contributed by atoms with E-state index in [1.807, 2.05) is 0 Å². The fourth-order valence-electron chi connectivity index (χ4n) is 4.62. The molecule has 0 radical (unpaired) electrons. The molecule has 39 heavy (non-hydrogen) atoms. The highest BCUT2D eigenvalue weighted by Crippen LogP contribution is 2.34. The summed E-state index contributed by atoms with van der Waals surface area (Å²) in [5, 5.41) is 2.53. The van der Waals surface area contributed by atoms with E-state index in [1.54, 1.807) is 44.2 Å². The fraction of sp³-hybridized carbons (Fsp3) is 0.733. The molecule has 9 heteroatoms. The molecule has 0 spiro atoms. The van der Waals surface area contributed by atoms with Crippen LogP contribution in [-0.4, -0.2) is 48.1 Å². The molecule has 0 aliphatic heterocycles.